The van der Waals surface area contributed by atoms with Gasteiger partial charge in [0.25, 0.3) is 0 Å². The lowest BCUT2D eigenvalue weighted by Crippen LogP contribution is -2.40. The summed E-state index contributed by atoms with van der Waals surface area (Å²) in [6, 6.07) is 0.0202. The van der Waals surface area contributed by atoms with Gasteiger partial charge in [-0.1, -0.05) is 6.08 Å². The second-order valence-corrected chi connectivity index (χ2v) is 3.07. The number of nitrogens with one attached hydrogen (secondary N) is 1. The van der Waals surface area contributed by atoms with Crippen LogP contribution >= 0.6 is 0 Å². The second-order valence-electron chi connectivity index (χ2n) is 3.07. The Bertz CT molecular complexity index is 168. The molecule has 13 heavy (non-hydrogen) atoms. The SMILES string of the molecule is C=CCC(C)NC(C)C(=O)OCC. The van der Waals surface area contributed by atoms with Crippen LogP contribution in [0, 0.1) is 0 Å². The summed E-state index contributed by atoms with van der Waals surface area (Å²) in [5, 5.41) is 3.12. The van der Waals surface area contributed by atoms with Gasteiger partial charge in [-0.3, -0.25) is 4.79 Å². The summed E-state index contributed by atoms with van der Waals surface area (Å²) >= 11 is 0. The molecule has 76 valence electrons. The highest BCUT2D eigenvalue weighted by molar-refractivity contribution is 5.75. The highest BCUT2D eigenvalue weighted by Gasteiger charge is 2.14. The van der Waals surface area contributed by atoms with E-state index in [9.17, 15) is 4.79 Å². The number of ether oxygens (including phenoxy) is 1. The topological polar surface area (TPSA) is 38.3 Å². The van der Waals surface area contributed by atoms with Crippen LogP contribution in [-0.4, -0.2) is 24.7 Å². The molecule has 0 aromatic carbocycles. The molecule has 2 atom stereocenters. The first-order valence-electron chi connectivity index (χ1n) is 4.65. The maximum absolute atomic E-state index is 11.2. The Kier molecular flexibility index (Phi) is 6.24. The molecule has 0 rings (SSSR count). The van der Waals surface area contributed by atoms with E-state index in [0.717, 1.165) is 6.42 Å². The van der Waals surface area contributed by atoms with E-state index in [1.807, 2.05) is 13.0 Å². The molecule has 1 N–H and O–H groups in total. The standard InChI is InChI=1S/C10H19NO2/c1-5-7-8(3)11-9(4)10(12)13-6-2/h5,8-9,11H,1,6-7H2,2-4H3. The van der Waals surface area contributed by atoms with Gasteiger partial charge in [-0.2, -0.15) is 0 Å². The normalized spacial score (nSPS) is 14.7. The fourth-order valence-corrected chi connectivity index (χ4v) is 1.08. The maximum atomic E-state index is 11.2. The average molecular weight is 185 g/mol. The van der Waals surface area contributed by atoms with E-state index in [-0.39, 0.29) is 18.1 Å². The Balaban J connectivity index is 3.77. The van der Waals surface area contributed by atoms with E-state index in [0.29, 0.717) is 6.61 Å². The first-order valence-corrected chi connectivity index (χ1v) is 4.65. The van der Waals surface area contributed by atoms with Gasteiger partial charge < -0.3 is 10.1 Å². The van der Waals surface area contributed by atoms with Crippen LogP contribution in [0.5, 0.6) is 0 Å². The number of carbonyl (C=O) groups excluding carboxylic acids is 1. The maximum Gasteiger partial charge on any atom is 0.322 e. The third kappa shape index (κ3) is 5.42. The van der Waals surface area contributed by atoms with E-state index >= 15 is 0 Å². The molecule has 2 unspecified atom stereocenters. The van der Waals surface area contributed by atoms with Gasteiger partial charge in [-0.15, -0.1) is 6.58 Å². The van der Waals surface area contributed by atoms with Crippen LogP contribution in [0.25, 0.3) is 0 Å². The Morgan fingerprint density at radius 2 is 2.23 bits per heavy atom. The molecule has 3 nitrogen and oxygen atoms in total. The predicted molar refractivity (Wildman–Crippen MR) is 53.5 cm³/mol. The van der Waals surface area contributed by atoms with Crippen molar-refractivity contribution >= 4 is 5.97 Å². The minimum atomic E-state index is -0.241. The van der Waals surface area contributed by atoms with Crippen molar-refractivity contribution in [2.75, 3.05) is 6.61 Å². The number of hydrogen-bond donors (Lipinski definition) is 1. The molecule has 0 amide bonds. The lowest BCUT2D eigenvalue weighted by atomic mass is 10.2. The molecule has 0 aliphatic carbocycles. The third-order valence-electron chi connectivity index (χ3n) is 1.69. The molecular formula is C10H19NO2. The molecule has 0 spiro atoms. The Hall–Kier alpha value is -0.830. The first kappa shape index (κ1) is 12.2. The largest absolute Gasteiger partial charge is 0.465 e. The molecule has 0 radical (unpaired) electrons. The van der Waals surface area contributed by atoms with Gasteiger partial charge in [0.1, 0.15) is 6.04 Å². The van der Waals surface area contributed by atoms with Crippen LogP contribution in [-0.2, 0) is 9.53 Å². The van der Waals surface area contributed by atoms with Gasteiger partial charge in [0, 0.05) is 6.04 Å². The molecule has 0 aromatic rings. The molecule has 0 bridgehead atoms. The highest BCUT2D eigenvalue weighted by atomic mass is 16.5. The van der Waals surface area contributed by atoms with Crippen LogP contribution in [0.3, 0.4) is 0 Å². The van der Waals surface area contributed by atoms with Crippen molar-refractivity contribution in [3.8, 4) is 0 Å². The van der Waals surface area contributed by atoms with Gasteiger partial charge in [0.05, 0.1) is 6.61 Å². The van der Waals surface area contributed by atoms with Gasteiger partial charge >= 0.3 is 5.97 Å². The Labute approximate surface area is 80.2 Å². The molecule has 0 saturated carbocycles. The van der Waals surface area contributed by atoms with Gasteiger partial charge in [-0.05, 0) is 27.2 Å². The smallest absolute Gasteiger partial charge is 0.322 e. The molecule has 0 heterocycles. The average Bonchev–Trinajstić information content (AvgIpc) is 2.05. The molecule has 0 aromatic heterocycles. The number of esters is 1. The summed E-state index contributed by atoms with van der Waals surface area (Å²) in [7, 11) is 0. The molecule has 0 fully saturated rings. The van der Waals surface area contributed by atoms with E-state index in [1.165, 1.54) is 0 Å². The van der Waals surface area contributed by atoms with Crippen LogP contribution in [0.15, 0.2) is 12.7 Å². The minimum absolute atomic E-state index is 0.196. The summed E-state index contributed by atoms with van der Waals surface area (Å²) in [5.41, 5.74) is 0. The van der Waals surface area contributed by atoms with Crippen molar-refractivity contribution in [1.29, 1.82) is 0 Å². The van der Waals surface area contributed by atoms with Crippen LogP contribution in [0.1, 0.15) is 27.2 Å². The van der Waals surface area contributed by atoms with E-state index in [4.69, 9.17) is 4.74 Å². The predicted octanol–water partition coefficient (Wildman–Crippen LogP) is 1.49. The van der Waals surface area contributed by atoms with Crippen molar-refractivity contribution in [1.82, 2.24) is 5.32 Å². The Morgan fingerprint density at radius 1 is 1.62 bits per heavy atom. The van der Waals surface area contributed by atoms with E-state index in [1.54, 1.807) is 13.8 Å². The quantitative estimate of drug-likeness (QED) is 0.503. The van der Waals surface area contributed by atoms with Gasteiger partial charge in [-0.25, -0.2) is 0 Å². The van der Waals surface area contributed by atoms with Crippen molar-refractivity contribution < 1.29 is 9.53 Å². The summed E-state index contributed by atoms with van der Waals surface area (Å²) in [6.07, 6.45) is 2.68. The lowest BCUT2D eigenvalue weighted by molar-refractivity contribution is -0.145. The van der Waals surface area contributed by atoms with E-state index in [2.05, 4.69) is 11.9 Å². The fraction of sp³-hybridized carbons (Fsp3) is 0.700. The molecule has 0 aliphatic rings. The van der Waals surface area contributed by atoms with Crippen LogP contribution in [0.4, 0.5) is 0 Å². The highest BCUT2D eigenvalue weighted by Crippen LogP contribution is 1.95. The summed E-state index contributed by atoms with van der Waals surface area (Å²) < 4.78 is 4.86. The first-order chi connectivity index (χ1) is 6.11. The summed E-state index contributed by atoms with van der Waals surface area (Å²) in [4.78, 5) is 11.2. The molecule has 3 heteroatoms. The second kappa shape index (κ2) is 6.66. The monoisotopic (exact) mass is 185 g/mol. The molecule has 0 saturated heterocycles. The molecular weight excluding hydrogens is 166 g/mol. The number of hydrogen-bond acceptors (Lipinski definition) is 3. The zero-order chi connectivity index (χ0) is 10.3. The zero-order valence-electron chi connectivity index (χ0n) is 8.67. The van der Waals surface area contributed by atoms with Gasteiger partial charge in [0.15, 0.2) is 0 Å². The third-order valence-corrected chi connectivity index (χ3v) is 1.69. The fourth-order valence-electron chi connectivity index (χ4n) is 1.08. The summed E-state index contributed by atoms with van der Waals surface area (Å²) in [6.45, 7) is 9.68. The molecule has 0 aliphatic heterocycles. The van der Waals surface area contributed by atoms with Crippen LogP contribution < -0.4 is 5.32 Å². The lowest BCUT2D eigenvalue weighted by Gasteiger charge is -2.17. The summed E-state index contributed by atoms with van der Waals surface area (Å²) in [5.74, 6) is -0.196. The van der Waals surface area contributed by atoms with Crippen molar-refractivity contribution in [3.63, 3.8) is 0 Å². The van der Waals surface area contributed by atoms with E-state index < -0.39 is 0 Å². The minimum Gasteiger partial charge on any atom is -0.465 e. The number of rotatable bonds is 6. The van der Waals surface area contributed by atoms with Gasteiger partial charge in [0.2, 0.25) is 0 Å². The van der Waals surface area contributed by atoms with Crippen molar-refractivity contribution in [2.24, 2.45) is 0 Å². The van der Waals surface area contributed by atoms with Crippen molar-refractivity contribution in [2.45, 2.75) is 39.3 Å². The van der Waals surface area contributed by atoms with Crippen molar-refractivity contribution in [3.05, 3.63) is 12.7 Å². The number of carbonyl (C=O) groups is 1. The zero-order valence-corrected chi connectivity index (χ0v) is 8.67. The Morgan fingerprint density at radius 3 is 2.69 bits per heavy atom. The van der Waals surface area contributed by atoms with Crippen LogP contribution in [0.2, 0.25) is 0 Å².